The average molecular weight is 460 g/mol. The molecule has 1 amide bonds. The number of amides is 1. The van der Waals surface area contributed by atoms with E-state index in [1.165, 1.54) is 0 Å². The van der Waals surface area contributed by atoms with Crippen molar-refractivity contribution < 1.29 is 19.4 Å². The van der Waals surface area contributed by atoms with Crippen molar-refractivity contribution in [2.24, 2.45) is 0 Å². The number of carbonyl (C=O) groups excluding carboxylic acids is 2. The second-order valence-electron chi connectivity index (χ2n) is 6.33. The highest BCUT2D eigenvalue weighted by Crippen LogP contribution is 2.10. The van der Waals surface area contributed by atoms with E-state index < -0.39 is 6.10 Å². The van der Waals surface area contributed by atoms with Crippen LogP contribution in [0.1, 0.15) is 30.1 Å². The summed E-state index contributed by atoms with van der Waals surface area (Å²) < 4.78 is 6.53. The summed E-state index contributed by atoms with van der Waals surface area (Å²) in [6.07, 6.45) is -0.153. The molecule has 7 heteroatoms. The lowest BCUT2D eigenvalue weighted by molar-refractivity contribution is -0.121. The third-order valence-corrected chi connectivity index (χ3v) is 4.79. The third kappa shape index (κ3) is 7.39. The number of Topliss-reactive ketones (excluding diaryl/α,β-unsaturated/α-hetero) is 1. The van der Waals surface area contributed by atoms with E-state index in [2.05, 4.69) is 32.8 Å². The molecule has 0 spiro atoms. The van der Waals surface area contributed by atoms with Crippen LogP contribution in [0.25, 0.3) is 0 Å². The Labute approximate surface area is 162 Å². The first-order chi connectivity index (χ1) is 11.9. The van der Waals surface area contributed by atoms with E-state index in [4.69, 9.17) is 4.74 Å². The van der Waals surface area contributed by atoms with E-state index in [1.54, 1.807) is 12.1 Å². The molecule has 2 rings (SSSR count). The molecule has 0 aliphatic carbocycles. The molecule has 1 aliphatic rings. The topological polar surface area (TPSA) is 78.9 Å². The minimum absolute atomic E-state index is 0.0468. The van der Waals surface area contributed by atoms with E-state index in [0.29, 0.717) is 18.7 Å². The molecule has 1 aromatic rings. The van der Waals surface area contributed by atoms with Crippen LogP contribution < -0.4 is 5.32 Å². The van der Waals surface area contributed by atoms with Gasteiger partial charge in [-0.1, -0.05) is 12.1 Å². The number of nitrogens with zero attached hydrogens (tertiary/aromatic N) is 1. The van der Waals surface area contributed by atoms with Gasteiger partial charge in [0, 0.05) is 48.2 Å². The molecular formula is C18H25IN2O4. The number of carbonyl (C=O) groups is 2. The number of hydrogen-bond acceptors (Lipinski definition) is 5. The van der Waals surface area contributed by atoms with Gasteiger partial charge in [-0.3, -0.25) is 14.5 Å². The molecule has 0 bridgehead atoms. The maximum atomic E-state index is 12.0. The maximum Gasteiger partial charge on any atom is 0.220 e. The Morgan fingerprint density at radius 1 is 1.36 bits per heavy atom. The van der Waals surface area contributed by atoms with E-state index in [0.717, 1.165) is 16.7 Å². The smallest absolute Gasteiger partial charge is 0.220 e. The second-order valence-corrected chi connectivity index (χ2v) is 7.57. The van der Waals surface area contributed by atoms with Crippen molar-refractivity contribution in [3.8, 4) is 0 Å². The molecule has 1 aromatic carbocycles. The SMILES string of the molecule is CC1CN(CC(O)CNC(=O)CCC(=O)c2ccc(I)cc2)CCO1. The van der Waals surface area contributed by atoms with Gasteiger partial charge in [-0.15, -0.1) is 0 Å². The molecule has 2 N–H and O–H groups in total. The number of β-amino-alcohol motifs (C(OH)–C–C–N with tert-alkyl or cyclic N) is 1. The molecule has 1 saturated heterocycles. The fraction of sp³-hybridized carbons (Fsp3) is 0.556. The Balaban J connectivity index is 1.64. The minimum atomic E-state index is -0.624. The van der Waals surface area contributed by atoms with Crippen molar-refractivity contribution in [2.75, 3.05) is 32.8 Å². The van der Waals surface area contributed by atoms with Crippen molar-refractivity contribution in [2.45, 2.75) is 32.0 Å². The summed E-state index contributed by atoms with van der Waals surface area (Å²) in [5.74, 6) is -0.261. The number of morpholine rings is 1. The number of nitrogens with one attached hydrogen (secondary N) is 1. The molecule has 2 unspecified atom stereocenters. The van der Waals surface area contributed by atoms with Gasteiger partial charge >= 0.3 is 0 Å². The number of ether oxygens (including phenoxy) is 1. The Morgan fingerprint density at radius 3 is 2.76 bits per heavy atom. The van der Waals surface area contributed by atoms with Crippen LogP contribution in [0.2, 0.25) is 0 Å². The van der Waals surface area contributed by atoms with E-state index in [9.17, 15) is 14.7 Å². The fourth-order valence-corrected chi connectivity index (χ4v) is 3.11. The number of ketones is 1. The van der Waals surface area contributed by atoms with Crippen molar-refractivity contribution in [3.63, 3.8) is 0 Å². The zero-order valence-electron chi connectivity index (χ0n) is 14.4. The standard InChI is InChI=1S/C18H25IN2O4/c1-13-11-21(8-9-25-13)12-16(22)10-20-18(24)7-6-17(23)14-2-4-15(19)5-3-14/h2-5,13,16,22H,6-12H2,1H3,(H,20,24). The number of halogens is 1. The van der Waals surface area contributed by atoms with Crippen molar-refractivity contribution in [3.05, 3.63) is 33.4 Å². The quantitative estimate of drug-likeness (QED) is 0.454. The first-order valence-electron chi connectivity index (χ1n) is 8.51. The maximum absolute atomic E-state index is 12.0. The lowest BCUT2D eigenvalue weighted by atomic mass is 10.1. The Bertz CT molecular complexity index is 579. The van der Waals surface area contributed by atoms with Gasteiger partial charge < -0.3 is 15.2 Å². The zero-order valence-corrected chi connectivity index (χ0v) is 16.6. The van der Waals surface area contributed by atoms with E-state index >= 15 is 0 Å². The number of aliphatic hydroxyl groups excluding tert-OH is 1. The second kappa shape index (κ2) is 10.2. The summed E-state index contributed by atoms with van der Waals surface area (Å²) in [5.41, 5.74) is 0.620. The lowest BCUT2D eigenvalue weighted by Gasteiger charge is -2.32. The molecule has 6 nitrogen and oxygen atoms in total. The Morgan fingerprint density at radius 2 is 2.08 bits per heavy atom. The highest BCUT2D eigenvalue weighted by Gasteiger charge is 2.19. The van der Waals surface area contributed by atoms with Crippen LogP contribution >= 0.6 is 22.6 Å². The van der Waals surface area contributed by atoms with Crippen LogP contribution in [0, 0.1) is 3.57 Å². The average Bonchev–Trinajstić information content (AvgIpc) is 2.58. The predicted molar refractivity (Wildman–Crippen MR) is 104 cm³/mol. The molecule has 1 fully saturated rings. The summed E-state index contributed by atoms with van der Waals surface area (Å²) in [6.45, 7) is 4.96. The van der Waals surface area contributed by atoms with Gasteiger partial charge in [-0.2, -0.15) is 0 Å². The highest BCUT2D eigenvalue weighted by molar-refractivity contribution is 14.1. The number of benzene rings is 1. The van der Waals surface area contributed by atoms with Crippen LogP contribution in [0.4, 0.5) is 0 Å². The summed E-state index contributed by atoms with van der Waals surface area (Å²) in [4.78, 5) is 26.0. The summed E-state index contributed by atoms with van der Waals surface area (Å²) in [7, 11) is 0. The molecule has 25 heavy (non-hydrogen) atoms. The van der Waals surface area contributed by atoms with Crippen LogP contribution in [-0.4, -0.2) is 66.7 Å². The first-order valence-corrected chi connectivity index (χ1v) is 9.59. The van der Waals surface area contributed by atoms with Crippen molar-refractivity contribution in [1.29, 1.82) is 0 Å². The minimum Gasteiger partial charge on any atom is -0.390 e. The predicted octanol–water partition coefficient (Wildman–Crippen LogP) is 1.45. The Hall–Kier alpha value is -1.03. The lowest BCUT2D eigenvalue weighted by Crippen LogP contribution is -2.47. The normalized spacial score (nSPS) is 19.4. The van der Waals surface area contributed by atoms with Crippen LogP contribution in [0.5, 0.6) is 0 Å². The molecule has 138 valence electrons. The zero-order chi connectivity index (χ0) is 18.2. The van der Waals surface area contributed by atoms with E-state index in [-0.39, 0.29) is 37.2 Å². The molecule has 0 aromatic heterocycles. The number of hydrogen-bond donors (Lipinski definition) is 2. The van der Waals surface area contributed by atoms with Crippen molar-refractivity contribution in [1.82, 2.24) is 10.2 Å². The number of aliphatic hydroxyl groups is 1. The van der Waals surface area contributed by atoms with Crippen molar-refractivity contribution >= 4 is 34.3 Å². The van der Waals surface area contributed by atoms with Crippen LogP contribution in [0.3, 0.4) is 0 Å². The Kier molecular flexibility index (Phi) is 8.28. The van der Waals surface area contributed by atoms with Gasteiger partial charge in [0.05, 0.1) is 18.8 Å². The van der Waals surface area contributed by atoms with Crippen LogP contribution in [0.15, 0.2) is 24.3 Å². The van der Waals surface area contributed by atoms with Crippen LogP contribution in [-0.2, 0) is 9.53 Å². The van der Waals surface area contributed by atoms with Gasteiger partial charge in [0.25, 0.3) is 0 Å². The van der Waals surface area contributed by atoms with Gasteiger partial charge in [0.2, 0.25) is 5.91 Å². The summed E-state index contributed by atoms with van der Waals surface area (Å²) in [5, 5.41) is 12.8. The summed E-state index contributed by atoms with van der Waals surface area (Å²) >= 11 is 2.18. The molecule has 1 heterocycles. The first kappa shape index (κ1) is 20.3. The monoisotopic (exact) mass is 460 g/mol. The number of rotatable bonds is 8. The highest BCUT2D eigenvalue weighted by atomic mass is 127. The van der Waals surface area contributed by atoms with Gasteiger partial charge in [0.1, 0.15) is 0 Å². The molecule has 2 atom stereocenters. The summed E-state index contributed by atoms with van der Waals surface area (Å²) in [6, 6.07) is 7.29. The molecular weight excluding hydrogens is 435 g/mol. The van der Waals surface area contributed by atoms with E-state index in [1.807, 2.05) is 19.1 Å². The molecule has 1 aliphatic heterocycles. The largest absolute Gasteiger partial charge is 0.390 e. The van der Waals surface area contributed by atoms with Gasteiger partial charge in [0.15, 0.2) is 5.78 Å². The molecule has 0 saturated carbocycles. The third-order valence-electron chi connectivity index (χ3n) is 4.07. The van der Waals surface area contributed by atoms with Gasteiger partial charge in [-0.25, -0.2) is 0 Å². The fourth-order valence-electron chi connectivity index (χ4n) is 2.75. The molecule has 0 radical (unpaired) electrons. The van der Waals surface area contributed by atoms with Gasteiger partial charge in [-0.05, 0) is 41.6 Å².